The summed E-state index contributed by atoms with van der Waals surface area (Å²) < 4.78 is 0. The van der Waals surface area contributed by atoms with Gasteiger partial charge in [0.2, 0.25) is 0 Å². The molecule has 0 saturated carbocycles. The van der Waals surface area contributed by atoms with Crippen LogP contribution < -0.4 is 10.6 Å². The fourth-order valence-electron chi connectivity index (χ4n) is 1.41. The topological polar surface area (TPSA) is 82.6 Å². The Kier molecular flexibility index (Phi) is 5.48. The lowest BCUT2D eigenvalue weighted by Gasteiger charge is -2.23. The quantitative estimate of drug-likeness (QED) is 0.657. The van der Waals surface area contributed by atoms with Crippen molar-refractivity contribution in [2.75, 3.05) is 31.2 Å². The minimum absolute atomic E-state index is 0.0230. The largest absolute Gasteiger partial charge is 0.395 e. The lowest BCUT2D eigenvalue weighted by molar-refractivity contribution is 0.280. The first-order valence-corrected chi connectivity index (χ1v) is 5.42. The van der Waals surface area contributed by atoms with Crippen LogP contribution in [0, 0.1) is 0 Å². The molecule has 1 rings (SSSR count). The number of aliphatic hydroxyl groups is 2. The van der Waals surface area contributed by atoms with E-state index in [0.717, 1.165) is 5.56 Å². The van der Waals surface area contributed by atoms with E-state index in [1.54, 1.807) is 17.2 Å². The highest BCUT2D eigenvalue weighted by Gasteiger charge is 2.13. The van der Waals surface area contributed by atoms with Crippen molar-refractivity contribution in [3.8, 4) is 0 Å². The number of halogens is 1. The molecule has 1 aromatic heterocycles. The molecule has 90 valence electrons. The van der Waals surface area contributed by atoms with E-state index in [4.69, 9.17) is 27.5 Å². The number of rotatable bonds is 6. The summed E-state index contributed by atoms with van der Waals surface area (Å²) in [6.07, 6.45) is 1.62. The third kappa shape index (κ3) is 3.05. The SMILES string of the molecule is NCc1ccnc(N(CCO)CCO)c1Cl. The highest BCUT2D eigenvalue weighted by molar-refractivity contribution is 6.33. The van der Waals surface area contributed by atoms with Crippen LogP contribution in [0.3, 0.4) is 0 Å². The Balaban J connectivity index is 2.98. The number of nitrogens with zero attached hydrogens (tertiary/aromatic N) is 2. The van der Waals surface area contributed by atoms with Crippen molar-refractivity contribution in [2.24, 2.45) is 5.73 Å². The normalized spacial score (nSPS) is 10.5. The molecule has 0 unspecified atom stereocenters. The fraction of sp³-hybridized carbons (Fsp3) is 0.500. The number of nitrogens with two attached hydrogens (primary N) is 1. The molecule has 0 saturated heterocycles. The summed E-state index contributed by atoms with van der Waals surface area (Å²) >= 11 is 6.13. The summed E-state index contributed by atoms with van der Waals surface area (Å²) in [6.45, 7) is 1.04. The van der Waals surface area contributed by atoms with Gasteiger partial charge in [-0.1, -0.05) is 11.6 Å². The van der Waals surface area contributed by atoms with Crippen LogP contribution >= 0.6 is 11.6 Å². The first-order chi connectivity index (χ1) is 7.74. The summed E-state index contributed by atoms with van der Waals surface area (Å²) in [5.74, 6) is 0.549. The van der Waals surface area contributed by atoms with Crippen molar-refractivity contribution >= 4 is 17.4 Å². The molecule has 4 N–H and O–H groups in total. The molecule has 0 atom stereocenters. The average Bonchev–Trinajstić information content (AvgIpc) is 2.29. The predicted octanol–water partition coefficient (Wildman–Crippen LogP) is -0.0153. The highest BCUT2D eigenvalue weighted by Crippen LogP contribution is 2.26. The van der Waals surface area contributed by atoms with Gasteiger partial charge in [0.1, 0.15) is 5.82 Å². The number of pyridine rings is 1. The molecule has 16 heavy (non-hydrogen) atoms. The number of anilines is 1. The van der Waals surface area contributed by atoms with Gasteiger partial charge in [-0.05, 0) is 11.6 Å². The van der Waals surface area contributed by atoms with Crippen molar-refractivity contribution in [3.63, 3.8) is 0 Å². The highest BCUT2D eigenvalue weighted by atomic mass is 35.5. The fourth-order valence-corrected chi connectivity index (χ4v) is 1.72. The van der Waals surface area contributed by atoms with Gasteiger partial charge in [0.25, 0.3) is 0 Å². The number of hydrogen-bond acceptors (Lipinski definition) is 5. The van der Waals surface area contributed by atoms with Gasteiger partial charge in [0.15, 0.2) is 0 Å². The Hall–Kier alpha value is -0.880. The third-order valence-electron chi connectivity index (χ3n) is 2.21. The lowest BCUT2D eigenvalue weighted by Crippen LogP contribution is -2.30. The summed E-state index contributed by atoms with van der Waals surface area (Å²) in [6, 6.07) is 1.75. The third-order valence-corrected chi connectivity index (χ3v) is 2.62. The monoisotopic (exact) mass is 245 g/mol. The maximum Gasteiger partial charge on any atom is 0.147 e. The minimum Gasteiger partial charge on any atom is -0.395 e. The Morgan fingerprint density at radius 1 is 1.31 bits per heavy atom. The molecule has 0 bridgehead atoms. The van der Waals surface area contributed by atoms with Gasteiger partial charge in [-0.15, -0.1) is 0 Å². The standard InChI is InChI=1S/C10H16ClN3O2/c11-9-8(7-12)1-2-13-10(9)14(3-5-15)4-6-16/h1-2,15-16H,3-7,12H2. The summed E-state index contributed by atoms with van der Waals surface area (Å²) in [7, 11) is 0. The second kappa shape index (κ2) is 6.65. The number of aromatic nitrogens is 1. The zero-order chi connectivity index (χ0) is 12.0. The first kappa shape index (κ1) is 13.2. The van der Waals surface area contributed by atoms with Gasteiger partial charge in [-0.3, -0.25) is 0 Å². The number of hydrogen-bond donors (Lipinski definition) is 3. The molecular weight excluding hydrogens is 230 g/mol. The lowest BCUT2D eigenvalue weighted by atomic mass is 10.2. The van der Waals surface area contributed by atoms with Crippen LogP contribution in [0.2, 0.25) is 5.02 Å². The van der Waals surface area contributed by atoms with Gasteiger partial charge >= 0.3 is 0 Å². The molecule has 0 aliphatic carbocycles. The molecule has 0 aliphatic heterocycles. The average molecular weight is 246 g/mol. The van der Waals surface area contributed by atoms with E-state index in [9.17, 15) is 0 Å². The Labute approximate surface area is 99.5 Å². The molecule has 0 amide bonds. The predicted molar refractivity (Wildman–Crippen MR) is 63.5 cm³/mol. The smallest absolute Gasteiger partial charge is 0.147 e. The molecule has 0 aliphatic rings. The second-order valence-corrected chi connectivity index (χ2v) is 3.62. The van der Waals surface area contributed by atoms with E-state index in [-0.39, 0.29) is 13.2 Å². The molecule has 5 nitrogen and oxygen atoms in total. The van der Waals surface area contributed by atoms with E-state index in [1.807, 2.05) is 0 Å². The van der Waals surface area contributed by atoms with Crippen LogP contribution in [-0.4, -0.2) is 41.5 Å². The van der Waals surface area contributed by atoms with Crippen LogP contribution in [0.5, 0.6) is 0 Å². The van der Waals surface area contributed by atoms with E-state index in [0.29, 0.717) is 30.5 Å². The Morgan fingerprint density at radius 2 is 1.94 bits per heavy atom. The number of aliphatic hydroxyl groups excluding tert-OH is 2. The molecule has 1 heterocycles. The molecular formula is C10H16ClN3O2. The molecule has 0 spiro atoms. The zero-order valence-corrected chi connectivity index (χ0v) is 9.69. The van der Waals surface area contributed by atoms with Gasteiger partial charge in [-0.2, -0.15) is 0 Å². The zero-order valence-electron chi connectivity index (χ0n) is 8.93. The summed E-state index contributed by atoms with van der Waals surface area (Å²) in [5, 5.41) is 18.3. The molecule has 0 radical (unpaired) electrons. The second-order valence-electron chi connectivity index (χ2n) is 3.25. The van der Waals surface area contributed by atoms with Crippen LogP contribution in [0.4, 0.5) is 5.82 Å². The summed E-state index contributed by atoms with van der Waals surface area (Å²) in [4.78, 5) is 5.86. The van der Waals surface area contributed by atoms with Gasteiger partial charge in [0, 0.05) is 25.8 Å². The van der Waals surface area contributed by atoms with Gasteiger partial charge in [-0.25, -0.2) is 4.98 Å². The van der Waals surface area contributed by atoms with Gasteiger partial charge in [0.05, 0.1) is 18.2 Å². The van der Waals surface area contributed by atoms with Crippen LogP contribution in [0.1, 0.15) is 5.56 Å². The van der Waals surface area contributed by atoms with Crippen molar-refractivity contribution in [1.82, 2.24) is 4.98 Å². The Bertz CT molecular complexity index is 330. The van der Waals surface area contributed by atoms with E-state index in [1.165, 1.54) is 0 Å². The van der Waals surface area contributed by atoms with E-state index < -0.39 is 0 Å². The van der Waals surface area contributed by atoms with E-state index >= 15 is 0 Å². The van der Waals surface area contributed by atoms with Crippen molar-refractivity contribution in [3.05, 3.63) is 22.8 Å². The van der Waals surface area contributed by atoms with E-state index in [2.05, 4.69) is 4.98 Å². The Morgan fingerprint density at radius 3 is 2.44 bits per heavy atom. The minimum atomic E-state index is -0.0230. The van der Waals surface area contributed by atoms with Crippen LogP contribution in [-0.2, 0) is 6.54 Å². The maximum absolute atomic E-state index is 8.92. The maximum atomic E-state index is 8.92. The molecule has 0 fully saturated rings. The van der Waals surface area contributed by atoms with Crippen molar-refractivity contribution < 1.29 is 10.2 Å². The van der Waals surface area contributed by atoms with Crippen LogP contribution in [0.25, 0.3) is 0 Å². The molecule has 0 aromatic carbocycles. The van der Waals surface area contributed by atoms with Crippen molar-refractivity contribution in [2.45, 2.75) is 6.54 Å². The van der Waals surface area contributed by atoms with Gasteiger partial charge < -0.3 is 20.8 Å². The summed E-state index contributed by atoms with van der Waals surface area (Å²) in [5.41, 5.74) is 6.34. The van der Waals surface area contributed by atoms with Crippen LogP contribution in [0.15, 0.2) is 12.3 Å². The molecule has 6 heteroatoms. The molecule has 1 aromatic rings. The van der Waals surface area contributed by atoms with Crippen molar-refractivity contribution in [1.29, 1.82) is 0 Å². The first-order valence-electron chi connectivity index (χ1n) is 5.04.